The predicted octanol–water partition coefficient (Wildman–Crippen LogP) is 10.8. The average Bonchev–Trinajstić information content (AvgIpc) is 4.24. The molecule has 11 nitrogen and oxygen atoms in total. The summed E-state index contributed by atoms with van der Waals surface area (Å²) >= 11 is 5.04. The Morgan fingerprint density at radius 2 is 1.09 bits per heavy atom. The summed E-state index contributed by atoms with van der Waals surface area (Å²) < 4.78 is 16.5. The molecule has 2 saturated heterocycles. The van der Waals surface area contributed by atoms with Crippen molar-refractivity contribution in [3.63, 3.8) is 0 Å². The van der Waals surface area contributed by atoms with Crippen LogP contribution in [-0.2, 0) is 19.2 Å². The molecule has 1 aromatic heterocycles. The molecule has 3 heterocycles. The highest BCUT2D eigenvalue weighted by Crippen LogP contribution is 2.46. The first-order chi connectivity index (χ1) is 31.0. The van der Waals surface area contributed by atoms with E-state index < -0.39 is 0 Å². The van der Waals surface area contributed by atoms with Crippen LogP contribution in [0.5, 0.6) is 23.0 Å². The van der Waals surface area contributed by atoms with Crippen molar-refractivity contribution in [2.75, 3.05) is 24.0 Å². The number of carbonyl (C=O) groups excluding carboxylic acids is 4. The first-order valence-electron chi connectivity index (χ1n) is 21.5. The van der Waals surface area contributed by atoms with Crippen molar-refractivity contribution in [3.8, 4) is 23.0 Å². The van der Waals surface area contributed by atoms with Crippen LogP contribution in [0.15, 0.2) is 116 Å². The number of pyridine rings is 1. The summed E-state index contributed by atoms with van der Waals surface area (Å²) in [4.78, 5) is 54.4. The van der Waals surface area contributed by atoms with Crippen LogP contribution in [0.3, 0.4) is 0 Å². The number of aryl methyl sites for hydroxylation is 4. The minimum atomic E-state index is -0.298. The van der Waals surface area contributed by atoms with E-state index in [9.17, 15) is 24.3 Å². The fourth-order valence-electron chi connectivity index (χ4n) is 7.34. The molecule has 2 atom stereocenters. The molecule has 4 aliphatic rings. The van der Waals surface area contributed by atoms with Crippen LogP contribution in [0.2, 0.25) is 0 Å². The number of nitrogens with zero attached hydrogens (tertiary/aromatic N) is 3. The average molecular weight is 898 g/mol. The molecule has 4 aromatic carbocycles. The van der Waals surface area contributed by atoms with Crippen LogP contribution in [0.4, 0.5) is 11.4 Å². The molecule has 12 heteroatoms. The number of hydrogen-bond donors (Lipinski definition) is 1. The molecule has 2 aliphatic carbocycles. The van der Waals surface area contributed by atoms with E-state index in [4.69, 9.17) is 25.8 Å². The second-order valence-corrected chi connectivity index (χ2v) is 17.1. The van der Waals surface area contributed by atoms with Crippen LogP contribution in [-0.4, -0.2) is 47.3 Å². The van der Waals surface area contributed by atoms with Gasteiger partial charge in [-0.25, -0.2) is 0 Å². The van der Waals surface area contributed by atoms with Gasteiger partial charge in [-0.15, -0.1) is 0 Å². The molecule has 2 aliphatic heterocycles. The number of benzene rings is 4. The number of amides is 2. The molecule has 338 valence electrons. The van der Waals surface area contributed by atoms with Crippen LogP contribution in [0, 0.1) is 53.4 Å². The lowest BCUT2D eigenvalue weighted by atomic mass is 9.87. The van der Waals surface area contributed by atoms with Crippen molar-refractivity contribution >= 4 is 46.0 Å². The van der Waals surface area contributed by atoms with E-state index in [1.165, 1.54) is 0 Å². The van der Waals surface area contributed by atoms with Gasteiger partial charge < -0.3 is 19.3 Å². The fraction of sp³-hybridized carbons (Fsp3) is 0.302. The third kappa shape index (κ3) is 10.8. The summed E-state index contributed by atoms with van der Waals surface area (Å²) in [7, 11) is 3.25. The van der Waals surface area contributed by atoms with Crippen LogP contribution in [0.25, 0.3) is 0 Å². The number of rotatable bonds is 9. The summed E-state index contributed by atoms with van der Waals surface area (Å²) in [5, 5.41) is 9.83. The zero-order valence-electron chi connectivity index (χ0n) is 38.2. The molecular formula is C53H56ClN3O8. The maximum atomic E-state index is 12.7. The van der Waals surface area contributed by atoms with E-state index in [0.717, 1.165) is 93.1 Å². The highest BCUT2D eigenvalue weighted by atomic mass is 35.5. The maximum absolute atomic E-state index is 12.7. The number of anilines is 2. The number of esters is 1. The van der Waals surface area contributed by atoms with Gasteiger partial charge in [0.1, 0.15) is 23.0 Å². The Hall–Kier alpha value is -6.72. The van der Waals surface area contributed by atoms with Gasteiger partial charge in [-0.1, -0.05) is 43.5 Å². The van der Waals surface area contributed by atoms with Gasteiger partial charge in [0.25, 0.3) is 11.8 Å². The van der Waals surface area contributed by atoms with Gasteiger partial charge in [0.15, 0.2) is 0 Å². The lowest BCUT2D eigenvalue weighted by molar-refractivity contribution is -0.135. The predicted molar refractivity (Wildman–Crippen MR) is 254 cm³/mol. The number of aromatic hydroxyl groups is 1. The van der Waals surface area contributed by atoms with E-state index in [-0.39, 0.29) is 52.7 Å². The molecule has 2 amide bonds. The van der Waals surface area contributed by atoms with Crippen LogP contribution < -0.4 is 24.0 Å². The first kappa shape index (κ1) is 47.8. The highest BCUT2D eigenvalue weighted by molar-refractivity contribution is 6.64. The molecular weight excluding hydrogens is 842 g/mol. The number of halogens is 1. The zero-order valence-corrected chi connectivity index (χ0v) is 39.0. The number of methoxy groups -OCH3 is 2. The van der Waals surface area contributed by atoms with Gasteiger partial charge in [0.2, 0.25) is 5.24 Å². The van der Waals surface area contributed by atoms with Crippen molar-refractivity contribution in [3.05, 3.63) is 160 Å². The summed E-state index contributed by atoms with van der Waals surface area (Å²) in [5.74, 6) is 2.12. The Morgan fingerprint density at radius 3 is 1.46 bits per heavy atom. The second kappa shape index (κ2) is 20.4. The molecule has 4 fully saturated rings. The standard InChI is InChI=1S/C24H25NO4.C20H21NO3.C5H5N.C4H5ClO/c1-13-6-7-18(11-20(13)29-24(27)17-8-9-17)22-16(4)23(26)25(22)19-10-14(2)15(3)21(12-19)28-5;1-11-6-7-15(9-17(11)22)19-14(4)20(23)21(19)16-8-12(2)13(3)18(10-16)24-5;1-2-4-6-5-3-1;5-4(6)3-1-2-3/h6-7,10-12,17,22H,4,8-9H2,1-3,5H3;6-10,19,22H,4H2,1-3,5H3;1-5H;3H,1-2H2/t22-;19-;;/m11../s1. The number of hydrogen-bond acceptors (Lipinski definition) is 9. The van der Waals surface area contributed by atoms with Gasteiger partial charge in [0, 0.05) is 53.0 Å². The van der Waals surface area contributed by atoms with E-state index >= 15 is 0 Å². The summed E-state index contributed by atoms with van der Waals surface area (Å²) in [5.41, 5.74) is 10.2. The van der Waals surface area contributed by atoms with Gasteiger partial charge in [-0.3, -0.25) is 34.0 Å². The topological polar surface area (TPSA) is 136 Å². The molecule has 9 rings (SSSR count). The van der Waals surface area contributed by atoms with Crippen molar-refractivity contribution in [2.24, 2.45) is 11.8 Å². The Bertz CT molecular complexity index is 2630. The maximum Gasteiger partial charge on any atom is 0.314 e. The van der Waals surface area contributed by atoms with Crippen molar-refractivity contribution in [2.45, 2.75) is 79.3 Å². The lowest BCUT2D eigenvalue weighted by Gasteiger charge is -2.43. The smallest absolute Gasteiger partial charge is 0.314 e. The molecule has 2 saturated carbocycles. The summed E-state index contributed by atoms with van der Waals surface area (Å²) in [6, 6.07) is 24.0. The van der Waals surface area contributed by atoms with E-state index in [0.29, 0.717) is 16.9 Å². The number of ether oxygens (including phenoxy) is 3. The Kier molecular flexibility index (Phi) is 15.0. The highest BCUT2D eigenvalue weighted by Gasteiger charge is 2.44. The number of aromatic nitrogens is 1. The minimum absolute atomic E-state index is 0.0257. The molecule has 0 spiro atoms. The zero-order chi connectivity index (χ0) is 47.3. The second-order valence-electron chi connectivity index (χ2n) is 16.8. The summed E-state index contributed by atoms with van der Waals surface area (Å²) in [6.07, 6.45) is 7.33. The Balaban J connectivity index is 0.000000173. The quantitative estimate of drug-likeness (QED) is 0.0504. The number of phenolic OH excluding ortho intramolecular Hbond substituents is 1. The van der Waals surface area contributed by atoms with Crippen molar-refractivity contribution in [1.29, 1.82) is 0 Å². The first-order valence-corrected chi connectivity index (χ1v) is 21.9. The number of carbonyl (C=O) groups is 4. The molecule has 0 radical (unpaired) electrons. The Morgan fingerprint density at radius 1 is 0.631 bits per heavy atom. The van der Waals surface area contributed by atoms with Gasteiger partial charge >= 0.3 is 5.97 Å². The van der Waals surface area contributed by atoms with Crippen molar-refractivity contribution in [1.82, 2.24) is 4.98 Å². The van der Waals surface area contributed by atoms with Gasteiger partial charge in [0.05, 0.1) is 32.2 Å². The largest absolute Gasteiger partial charge is 0.508 e. The number of phenols is 1. The van der Waals surface area contributed by atoms with Crippen molar-refractivity contribution < 1.29 is 38.5 Å². The van der Waals surface area contributed by atoms with Gasteiger partial charge in [-0.05, 0) is 160 Å². The fourth-order valence-corrected chi connectivity index (χ4v) is 7.55. The van der Waals surface area contributed by atoms with Crippen LogP contribution >= 0.6 is 11.6 Å². The normalized spacial score (nSPS) is 17.2. The van der Waals surface area contributed by atoms with E-state index in [2.05, 4.69) is 18.1 Å². The Labute approximate surface area is 386 Å². The van der Waals surface area contributed by atoms with E-state index in [1.807, 2.05) is 114 Å². The molecule has 0 bridgehead atoms. The third-order valence-electron chi connectivity index (χ3n) is 12.0. The molecule has 1 N–H and O–H groups in total. The van der Waals surface area contributed by atoms with E-state index in [1.54, 1.807) is 42.5 Å². The molecule has 5 aromatic rings. The monoisotopic (exact) mass is 897 g/mol. The molecule has 65 heavy (non-hydrogen) atoms. The van der Waals surface area contributed by atoms with Crippen LogP contribution in [0.1, 0.15) is 82.3 Å². The third-order valence-corrected chi connectivity index (χ3v) is 12.3. The van der Waals surface area contributed by atoms with Gasteiger partial charge in [-0.2, -0.15) is 0 Å². The molecule has 0 unspecified atom stereocenters. The minimum Gasteiger partial charge on any atom is -0.508 e. The number of β-lactam (4-membered cyclic amide) rings is 2. The lowest BCUT2D eigenvalue weighted by Crippen LogP contribution is -2.48. The SMILES string of the molecule is C=C1C(=O)N(c2cc(C)c(C)c(OC)c2)[C@H]1c1ccc(C)c(O)c1.C=C1C(=O)N(c2cc(C)c(C)c(OC)c2)[C@H]1c1ccc(C)c(OC(=O)C2CC2)c1.O=C(Cl)C1CC1.c1ccncc1. The summed E-state index contributed by atoms with van der Waals surface area (Å²) in [6.45, 7) is 19.6.